The number of nitriles is 1. The highest BCUT2D eigenvalue weighted by Gasteiger charge is 2.39. The Morgan fingerprint density at radius 1 is 1.18 bits per heavy atom. The zero-order valence-corrected chi connectivity index (χ0v) is 10.2. The Morgan fingerprint density at radius 3 is 2.29 bits per heavy atom. The molecule has 1 saturated carbocycles. The van der Waals surface area contributed by atoms with Crippen molar-refractivity contribution in [2.45, 2.75) is 57.4 Å². The minimum atomic E-state index is -0.751. The molecule has 1 amide bonds. The molecule has 0 aromatic heterocycles. The van der Waals surface area contributed by atoms with Gasteiger partial charge in [0, 0.05) is 6.04 Å². The second-order valence-electron chi connectivity index (χ2n) is 5.22. The van der Waals surface area contributed by atoms with E-state index in [0.717, 1.165) is 51.4 Å². The van der Waals surface area contributed by atoms with Gasteiger partial charge in [-0.25, -0.2) is 0 Å². The van der Waals surface area contributed by atoms with Crippen molar-refractivity contribution < 1.29 is 4.79 Å². The van der Waals surface area contributed by atoms with E-state index in [1.165, 1.54) is 0 Å². The molecule has 0 aromatic carbocycles. The molecule has 0 saturated heterocycles. The lowest BCUT2D eigenvalue weighted by molar-refractivity contribution is -0.129. The van der Waals surface area contributed by atoms with Gasteiger partial charge in [0.25, 0.3) is 0 Å². The van der Waals surface area contributed by atoms with Gasteiger partial charge in [-0.05, 0) is 25.7 Å². The molecule has 17 heavy (non-hydrogen) atoms. The molecule has 3 heteroatoms. The second-order valence-corrected chi connectivity index (χ2v) is 5.22. The largest absolute Gasteiger partial charge is 0.351 e. The molecule has 3 nitrogen and oxygen atoms in total. The lowest BCUT2D eigenvalue weighted by Gasteiger charge is -2.25. The van der Waals surface area contributed by atoms with Crippen LogP contribution in [0.5, 0.6) is 0 Å². The summed E-state index contributed by atoms with van der Waals surface area (Å²) in [5, 5.41) is 12.4. The first-order chi connectivity index (χ1) is 8.27. The first kappa shape index (κ1) is 12.2. The van der Waals surface area contributed by atoms with Gasteiger partial charge in [0.1, 0.15) is 5.41 Å². The summed E-state index contributed by atoms with van der Waals surface area (Å²) in [5.74, 6) is -0.0319. The third-order valence-electron chi connectivity index (χ3n) is 3.95. The van der Waals surface area contributed by atoms with Crippen LogP contribution >= 0.6 is 0 Å². The van der Waals surface area contributed by atoms with Crippen molar-refractivity contribution in [3.63, 3.8) is 0 Å². The van der Waals surface area contributed by atoms with Gasteiger partial charge in [0.2, 0.25) is 5.91 Å². The first-order valence-corrected chi connectivity index (χ1v) is 6.64. The number of carbonyl (C=O) groups excluding carboxylic acids is 1. The van der Waals surface area contributed by atoms with Gasteiger partial charge < -0.3 is 5.32 Å². The van der Waals surface area contributed by atoms with Crippen LogP contribution in [-0.2, 0) is 4.79 Å². The maximum atomic E-state index is 12.3. The fourth-order valence-corrected chi connectivity index (χ4v) is 2.78. The predicted octanol–water partition coefficient (Wildman–Crippen LogP) is 2.69. The SMILES string of the molecule is N#CC1(C(=O)NC2CC=CC2)CCCCCC1. The van der Waals surface area contributed by atoms with E-state index in [-0.39, 0.29) is 11.9 Å². The molecule has 2 aliphatic carbocycles. The van der Waals surface area contributed by atoms with Gasteiger partial charge in [-0.1, -0.05) is 37.8 Å². The lowest BCUT2D eigenvalue weighted by atomic mass is 9.80. The van der Waals surface area contributed by atoms with Crippen LogP contribution < -0.4 is 5.32 Å². The van der Waals surface area contributed by atoms with Gasteiger partial charge in [0.05, 0.1) is 6.07 Å². The molecule has 0 aliphatic heterocycles. The molecule has 0 spiro atoms. The Balaban J connectivity index is 2.00. The fourth-order valence-electron chi connectivity index (χ4n) is 2.78. The van der Waals surface area contributed by atoms with Crippen LogP contribution in [0.4, 0.5) is 0 Å². The van der Waals surface area contributed by atoms with Crippen LogP contribution in [0.25, 0.3) is 0 Å². The Bertz CT molecular complexity index is 338. The number of nitrogens with zero attached hydrogens (tertiary/aromatic N) is 1. The van der Waals surface area contributed by atoms with Crippen molar-refractivity contribution in [1.82, 2.24) is 5.32 Å². The third-order valence-corrected chi connectivity index (χ3v) is 3.95. The van der Waals surface area contributed by atoms with Crippen molar-refractivity contribution in [3.05, 3.63) is 12.2 Å². The molecule has 0 aromatic rings. The molecule has 1 N–H and O–H groups in total. The van der Waals surface area contributed by atoms with Gasteiger partial charge in [-0.2, -0.15) is 5.26 Å². The minimum Gasteiger partial charge on any atom is -0.351 e. The molecule has 0 bridgehead atoms. The van der Waals surface area contributed by atoms with E-state index in [1.54, 1.807) is 0 Å². The molecule has 1 fully saturated rings. The molecule has 0 unspecified atom stereocenters. The third kappa shape index (κ3) is 2.69. The monoisotopic (exact) mass is 232 g/mol. The van der Waals surface area contributed by atoms with Crippen molar-refractivity contribution in [2.75, 3.05) is 0 Å². The first-order valence-electron chi connectivity index (χ1n) is 6.64. The zero-order valence-electron chi connectivity index (χ0n) is 10.2. The lowest BCUT2D eigenvalue weighted by Crippen LogP contribution is -2.44. The minimum absolute atomic E-state index is 0.0319. The summed E-state index contributed by atoms with van der Waals surface area (Å²) in [6, 6.07) is 2.52. The summed E-state index contributed by atoms with van der Waals surface area (Å²) in [4.78, 5) is 12.3. The van der Waals surface area contributed by atoms with E-state index >= 15 is 0 Å². The van der Waals surface area contributed by atoms with E-state index in [0.29, 0.717) is 0 Å². The normalized spacial score (nSPS) is 23.9. The number of hydrogen-bond acceptors (Lipinski definition) is 2. The van der Waals surface area contributed by atoms with Crippen LogP contribution in [0.2, 0.25) is 0 Å². The predicted molar refractivity (Wildman–Crippen MR) is 66.1 cm³/mol. The van der Waals surface area contributed by atoms with Gasteiger partial charge in [0.15, 0.2) is 0 Å². The highest BCUT2D eigenvalue weighted by molar-refractivity contribution is 5.85. The summed E-state index contributed by atoms with van der Waals surface area (Å²) >= 11 is 0. The van der Waals surface area contributed by atoms with Crippen molar-refractivity contribution in [2.24, 2.45) is 5.41 Å². The van der Waals surface area contributed by atoms with Gasteiger partial charge in [-0.3, -0.25) is 4.79 Å². The Morgan fingerprint density at radius 2 is 1.76 bits per heavy atom. The van der Waals surface area contributed by atoms with Gasteiger partial charge >= 0.3 is 0 Å². The summed E-state index contributed by atoms with van der Waals surface area (Å²) in [5.41, 5.74) is -0.751. The topological polar surface area (TPSA) is 52.9 Å². The summed E-state index contributed by atoms with van der Waals surface area (Å²) in [7, 11) is 0. The molecule has 0 heterocycles. The Hall–Kier alpha value is -1.30. The molecular formula is C14H20N2O. The number of carbonyl (C=O) groups is 1. The number of amides is 1. The van der Waals surface area contributed by atoms with Crippen LogP contribution in [0.1, 0.15) is 51.4 Å². The number of nitrogens with one attached hydrogen (secondary N) is 1. The highest BCUT2D eigenvalue weighted by Crippen LogP contribution is 2.35. The smallest absolute Gasteiger partial charge is 0.240 e. The van der Waals surface area contributed by atoms with E-state index < -0.39 is 5.41 Å². The zero-order chi connectivity index (χ0) is 12.1. The maximum absolute atomic E-state index is 12.3. The second kappa shape index (κ2) is 5.35. The summed E-state index contributed by atoms with van der Waals surface area (Å²) < 4.78 is 0. The quantitative estimate of drug-likeness (QED) is 0.588. The van der Waals surface area contributed by atoms with Crippen molar-refractivity contribution in [1.29, 1.82) is 5.26 Å². The molecular weight excluding hydrogens is 212 g/mol. The van der Waals surface area contributed by atoms with Crippen LogP contribution in [-0.4, -0.2) is 11.9 Å². The molecule has 2 rings (SSSR count). The van der Waals surface area contributed by atoms with Crippen LogP contribution in [0, 0.1) is 16.7 Å². The van der Waals surface area contributed by atoms with Crippen molar-refractivity contribution in [3.8, 4) is 6.07 Å². The Labute approximate surface area is 103 Å². The molecule has 0 radical (unpaired) electrons. The van der Waals surface area contributed by atoms with E-state index in [2.05, 4.69) is 23.5 Å². The number of rotatable bonds is 2. The molecule has 2 aliphatic rings. The van der Waals surface area contributed by atoms with Gasteiger partial charge in [-0.15, -0.1) is 0 Å². The van der Waals surface area contributed by atoms with E-state index in [9.17, 15) is 10.1 Å². The van der Waals surface area contributed by atoms with Crippen molar-refractivity contribution >= 4 is 5.91 Å². The number of hydrogen-bond donors (Lipinski definition) is 1. The summed E-state index contributed by atoms with van der Waals surface area (Å²) in [6.45, 7) is 0. The molecule has 0 atom stereocenters. The summed E-state index contributed by atoms with van der Waals surface area (Å²) in [6.07, 6.45) is 11.8. The average Bonchev–Trinajstić information content (AvgIpc) is 2.72. The Kier molecular flexibility index (Phi) is 3.83. The standard InChI is InChI=1S/C14H20N2O/c15-11-14(9-5-1-2-6-10-14)13(17)16-12-7-3-4-8-12/h3-4,12H,1-2,5-10H2,(H,16,17). The molecule has 92 valence electrons. The van der Waals surface area contributed by atoms with Crippen LogP contribution in [0.15, 0.2) is 12.2 Å². The van der Waals surface area contributed by atoms with E-state index in [4.69, 9.17) is 0 Å². The highest BCUT2D eigenvalue weighted by atomic mass is 16.2. The fraction of sp³-hybridized carbons (Fsp3) is 0.714. The van der Waals surface area contributed by atoms with Crippen LogP contribution in [0.3, 0.4) is 0 Å². The average molecular weight is 232 g/mol. The maximum Gasteiger partial charge on any atom is 0.240 e. The van der Waals surface area contributed by atoms with E-state index in [1.807, 2.05) is 0 Å².